The van der Waals surface area contributed by atoms with Gasteiger partial charge in [0.05, 0.1) is 11.7 Å². The van der Waals surface area contributed by atoms with Crippen molar-refractivity contribution >= 4 is 5.69 Å². The van der Waals surface area contributed by atoms with E-state index in [1.165, 1.54) is 11.1 Å². The second-order valence-corrected chi connectivity index (χ2v) is 6.25. The predicted molar refractivity (Wildman–Crippen MR) is 97.7 cm³/mol. The molecule has 2 nitrogen and oxygen atoms in total. The third-order valence-corrected chi connectivity index (χ3v) is 4.55. The molecule has 1 aliphatic rings. The Labute approximate surface area is 143 Å². The maximum Gasteiger partial charge on any atom is 0.113 e. The standard InChI is InChI=1S/C22H21NO/c1-4-10-18(11-5-1)16-21-17-22(19-12-6-2-7-13-19)24-23(21)20-14-8-3-9-15-20/h1-15,21-22H,16-17H2/t21-,22-/m1/s1. The molecule has 1 saturated heterocycles. The van der Waals surface area contributed by atoms with Crippen LogP contribution in [0.1, 0.15) is 23.7 Å². The molecular weight excluding hydrogens is 294 g/mol. The highest BCUT2D eigenvalue weighted by Gasteiger charge is 2.34. The summed E-state index contributed by atoms with van der Waals surface area (Å²) >= 11 is 0. The van der Waals surface area contributed by atoms with E-state index in [-0.39, 0.29) is 6.10 Å². The number of para-hydroxylation sites is 1. The van der Waals surface area contributed by atoms with Crippen LogP contribution in [0, 0.1) is 0 Å². The molecule has 120 valence electrons. The third kappa shape index (κ3) is 3.19. The molecule has 4 rings (SSSR count). The number of hydrogen-bond acceptors (Lipinski definition) is 2. The first kappa shape index (κ1) is 15.0. The number of anilines is 1. The van der Waals surface area contributed by atoms with Crippen LogP contribution in [-0.4, -0.2) is 6.04 Å². The highest BCUT2D eigenvalue weighted by Crippen LogP contribution is 2.37. The summed E-state index contributed by atoms with van der Waals surface area (Å²) in [5.41, 5.74) is 3.71. The summed E-state index contributed by atoms with van der Waals surface area (Å²) in [6, 6.07) is 31.9. The number of benzene rings is 3. The molecule has 1 fully saturated rings. The van der Waals surface area contributed by atoms with Crippen LogP contribution in [0.5, 0.6) is 0 Å². The SMILES string of the molecule is c1ccc(C[C@@H]2C[C@H](c3ccccc3)ON2c2ccccc2)cc1. The second kappa shape index (κ2) is 6.90. The minimum atomic E-state index is 0.111. The molecule has 0 radical (unpaired) electrons. The van der Waals surface area contributed by atoms with Crippen LogP contribution in [0.25, 0.3) is 0 Å². The summed E-state index contributed by atoms with van der Waals surface area (Å²) in [4.78, 5) is 6.35. The molecule has 2 heteroatoms. The number of hydroxylamine groups is 1. The van der Waals surface area contributed by atoms with Gasteiger partial charge in [-0.15, -0.1) is 0 Å². The van der Waals surface area contributed by atoms with E-state index in [1.54, 1.807) is 0 Å². The summed E-state index contributed by atoms with van der Waals surface area (Å²) in [6.45, 7) is 0. The highest BCUT2D eigenvalue weighted by atomic mass is 16.7. The lowest BCUT2D eigenvalue weighted by Crippen LogP contribution is -2.29. The minimum Gasteiger partial charge on any atom is -0.265 e. The van der Waals surface area contributed by atoms with Crippen molar-refractivity contribution in [2.24, 2.45) is 0 Å². The largest absolute Gasteiger partial charge is 0.265 e. The fraction of sp³-hybridized carbons (Fsp3) is 0.182. The number of nitrogens with zero attached hydrogens (tertiary/aromatic N) is 1. The van der Waals surface area contributed by atoms with E-state index >= 15 is 0 Å². The van der Waals surface area contributed by atoms with Crippen LogP contribution < -0.4 is 5.06 Å². The van der Waals surface area contributed by atoms with Crippen molar-refractivity contribution in [3.8, 4) is 0 Å². The second-order valence-electron chi connectivity index (χ2n) is 6.25. The average Bonchev–Trinajstić information content (AvgIpc) is 3.08. The van der Waals surface area contributed by atoms with Crippen LogP contribution in [0.4, 0.5) is 5.69 Å². The van der Waals surface area contributed by atoms with Gasteiger partial charge in [-0.05, 0) is 29.7 Å². The maximum absolute atomic E-state index is 6.35. The van der Waals surface area contributed by atoms with Gasteiger partial charge in [0, 0.05) is 6.42 Å². The van der Waals surface area contributed by atoms with Crippen molar-refractivity contribution < 1.29 is 4.84 Å². The highest BCUT2D eigenvalue weighted by molar-refractivity contribution is 5.46. The topological polar surface area (TPSA) is 12.5 Å². The van der Waals surface area contributed by atoms with Crippen molar-refractivity contribution in [3.05, 3.63) is 102 Å². The molecule has 24 heavy (non-hydrogen) atoms. The van der Waals surface area contributed by atoms with Crippen LogP contribution in [0.2, 0.25) is 0 Å². The Kier molecular flexibility index (Phi) is 4.30. The van der Waals surface area contributed by atoms with E-state index in [4.69, 9.17) is 4.84 Å². The Morgan fingerprint density at radius 1 is 0.750 bits per heavy atom. The van der Waals surface area contributed by atoms with Gasteiger partial charge in [0.15, 0.2) is 0 Å². The van der Waals surface area contributed by atoms with Crippen molar-refractivity contribution in [1.29, 1.82) is 0 Å². The molecule has 0 bridgehead atoms. The van der Waals surface area contributed by atoms with Gasteiger partial charge in [0.2, 0.25) is 0 Å². The van der Waals surface area contributed by atoms with Crippen LogP contribution in [-0.2, 0) is 11.3 Å². The van der Waals surface area contributed by atoms with Crippen molar-refractivity contribution in [3.63, 3.8) is 0 Å². The van der Waals surface area contributed by atoms with Gasteiger partial charge in [0.1, 0.15) is 6.10 Å². The Morgan fingerprint density at radius 3 is 2.00 bits per heavy atom. The maximum atomic E-state index is 6.35. The molecule has 0 saturated carbocycles. The minimum absolute atomic E-state index is 0.111. The zero-order valence-electron chi connectivity index (χ0n) is 13.6. The zero-order valence-corrected chi connectivity index (χ0v) is 13.6. The Bertz CT molecular complexity index is 758. The smallest absolute Gasteiger partial charge is 0.113 e. The van der Waals surface area contributed by atoms with Crippen LogP contribution in [0.3, 0.4) is 0 Å². The van der Waals surface area contributed by atoms with E-state index in [0.717, 1.165) is 18.5 Å². The first-order valence-electron chi connectivity index (χ1n) is 8.50. The summed E-state index contributed by atoms with van der Waals surface area (Å²) in [5, 5.41) is 2.10. The molecule has 3 aromatic carbocycles. The molecule has 1 aliphatic heterocycles. The van der Waals surface area contributed by atoms with Gasteiger partial charge in [-0.1, -0.05) is 78.9 Å². The summed E-state index contributed by atoms with van der Waals surface area (Å²) in [6.07, 6.45) is 2.09. The summed E-state index contributed by atoms with van der Waals surface area (Å²) < 4.78 is 0. The first-order chi connectivity index (χ1) is 11.9. The molecule has 2 atom stereocenters. The lowest BCUT2D eigenvalue weighted by atomic mass is 9.98. The van der Waals surface area contributed by atoms with Gasteiger partial charge in [-0.2, -0.15) is 0 Å². The van der Waals surface area contributed by atoms with Crippen LogP contribution >= 0.6 is 0 Å². The fourth-order valence-corrected chi connectivity index (χ4v) is 3.37. The molecule has 0 spiro atoms. The third-order valence-electron chi connectivity index (χ3n) is 4.55. The van der Waals surface area contributed by atoms with E-state index < -0.39 is 0 Å². The number of hydrogen-bond donors (Lipinski definition) is 0. The molecule has 0 unspecified atom stereocenters. The van der Waals surface area contributed by atoms with Gasteiger partial charge in [-0.3, -0.25) is 9.90 Å². The monoisotopic (exact) mass is 315 g/mol. The quantitative estimate of drug-likeness (QED) is 0.657. The van der Waals surface area contributed by atoms with Crippen molar-refractivity contribution in [2.45, 2.75) is 25.0 Å². The van der Waals surface area contributed by atoms with Crippen molar-refractivity contribution in [2.75, 3.05) is 5.06 Å². The average molecular weight is 315 g/mol. The molecular formula is C22H21NO. The van der Waals surface area contributed by atoms with Gasteiger partial charge in [0.25, 0.3) is 0 Å². The van der Waals surface area contributed by atoms with E-state index in [0.29, 0.717) is 6.04 Å². The molecule has 0 amide bonds. The molecule has 0 N–H and O–H groups in total. The first-order valence-corrected chi connectivity index (χ1v) is 8.50. The van der Waals surface area contributed by atoms with E-state index in [2.05, 4.69) is 90.0 Å². The molecule has 0 aromatic heterocycles. The van der Waals surface area contributed by atoms with Gasteiger partial charge in [-0.25, -0.2) is 0 Å². The summed E-state index contributed by atoms with van der Waals surface area (Å²) in [7, 11) is 0. The molecule has 1 heterocycles. The van der Waals surface area contributed by atoms with Gasteiger partial charge >= 0.3 is 0 Å². The lowest BCUT2D eigenvalue weighted by molar-refractivity contribution is 0.0836. The lowest BCUT2D eigenvalue weighted by Gasteiger charge is -2.25. The Balaban J connectivity index is 1.61. The van der Waals surface area contributed by atoms with Crippen LogP contribution in [0.15, 0.2) is 91.0 Å². The predicted octanol–water partition coefficient (Wildman–Crippen LogP) is 5.18. The Morgan fingerprint density at radius 2 is 1.33 bits per heavy atom. The van der Waals surface area contributed by atoms with Gasteiger partial charge < -0.3 is 0 Å². The fourth-order valence-electron chi connectivity index (χ4n) is 3.37. The normalized spacial score (nSPS) is 20.2. The number of rotatable bonds is 4. The zero-order chi connectivity index (χ0) is 16.2. The summed E-state index contributed by atoms with van der Waals surface area (Å²) in [5.74, 6) is 0. The molecule has 3 aromatic rings. The van der Waals surface area contributed by atoms with E-state index in [1.807, 2.05) is 6.07 Å². The van der Waals surface area contributed by atoms with Crippen molar-refractivity contribution in [1.82, 2.24) is 0 Å². The molecule has 0 aliphatic carbocycles. The Hall–Kier alpha value is -2.58. The van der Waals surface area contributed by atoms with E-state index in [9.17, 15) is 0 Å².